The summed E-state index contributed by atoms with van der Waals surface area (Å²) in [6, 6.07) is 10.1. The van der Waals surface area contributed by atoms with Crippen LogP contribution in [0, 0.1) is 0 Å². The van der Waals surface area contributed by atoms with Crippen LogP contribution in [0.5, 0.6) is 0 Å². The van der Waals surface area contributed by atoms with Gasteiger partial charge in [-0.25, -0.2) is 0 Å². The molecule has 0 unspecified atom stereocenters. The Labute approximate surface area is 122 Å². The van der Waals surface area contributed by atoms with Gasteiger partial charge in [0, 0.05) is 17.3 Å². The third-order valence-electron chi connectivity index (χ3n) is 2.84. The van der Waals surface area contributed by atoms with Gasteiger partial charge in [-0.1, -0.05) is 29.8 Å². The molecule has 1 nitrogen and oxygen atoms in total. The van der Waals surface area contributed by atoms with Crippen molar-refractivity contribution in [1.29, 1.82) is 0 Å². The van der Waals surface area contributed by atoms with Crippen LogP contribution in [0.4, 0.5) is 5.69 Å². The lowest BCUT2D eigenvalue weighted by atomic mass is 10.1. The Balaban J connectivity index is 2.32. The van der Waals surface area contributed by atoms with Crippen molar-refractivity contribution in [3.05, 3.63) is 51.2 Å². The molecule has 2 aromatic rings. The number of rotatable bonds is 5. The molecule has 0 aliphatic carbocycles. The molecule has 1 aromatic heterocycles. The molecule has 0 atom stereocenters. The highest BCUT2D eigenvalue weighted by atomic mass is 35.5. The molecule has 1 heterocycles. The predicted octanol–water partition coefficient (Wildman–Crippen LogP) is 5.17. The molecule has 18 heavy (non-hydrogen) atoms. The number of para-hydroxylation sites is 1. The topological polar surface area (TPSA) is 3.24 Å². The summed E-state index contributed by atoms with van der Waals surface area (Å²) in [5.74, 6) is 0.483. The number of benzene rings is 1. The molecular weight excluding hydrogens is 285 g/mol. The van der Waals surface area contributed by atoms with Crippen LogP contribution in [-0.2, 0) is 12.4 Å². The maximum absolute atomic E-state index is 6.32. The van der Waals surface area contributed by atoms with E-state index in [1.165, 1.54) is 4.88 Å². The van der Waals surface area contributed by atoms with Crippen molar-refractivity contribution in [1.82, 2.24) is 0 Å². The van der Waals surface area contributed by atoms with Crippen molar-refractivity contribution in [3.63, 3.8) is 0 Å². The third kappa shape index (κ3) is 3.00. The van der Waals surface area contributed by atoms with Gasteiger partial charge < -0.3 is 4.90 Å². The number of nitrogens with zero attached hydrogens (tertiary/aromatic N) is 1. The molecule has 0 radical (unpaired) electrons. The van der Waals surface area contributed by atoms with E-state index in [2.05, 4.69) is 29.3 Å². The van der Waals surface area contributed by atoms with Gasteiger partial charge >= 0.3 is 0 Å². The second-order valence-electron chi connectivity index (χ2n) is 3.97. The van der Waals surface area contributed by atoms with E-state index < -0.39 is 0 Å². The Morgan fingerprint density at radius 2 is 2.06 bits per heavy atom. The summed E-state index contributed by atoms with van der Waals surface area (Å²) in [6.45, 7) is 3.92. The lowest BCUT2D eigenvalue weighted by Gasteiger charge is -2.26. The zero-order valence-corrected chi connectivity index (χ0v) is 12.5. The van der Waals surface area contributed by atoms with Gasteiger partial charge in [0.25, 0.3) is 0 Å². The maximum atomic E-state index is 6.32. The average molecular weight is 300 g/mol. The van der Waals surface area contributed by atoms with Crippen molar-refractivity contribution in [2.45, 2.75) is 19.3 Å². The quantitative estimate of drug-likeness (QED) is 0.689. The van der Waals surface area contributed by atoms with Crippen LogP contribution >= 0.6 is 34.5 Å². The summed E-state index contributed by atoms with van der Waals surface area (Å²) in [5, 5.41) is 2.87. The highest BCUT2D eigenvalue weighted by Crippen LogP contribution is 2.32. The van der Waals surface area contributed by atoms with Crippen molar-refractivity contribution in [2.24, 2.45) is 0 Å². The first-order valence-electron chi connectivity index (χ1n) is 5.87. The van der Waals surface area contributed by atoms with E-state index in [4.69, 9.17) is 23.2 Å². The summed E-state index contributed by atoms with van der Waals surface area (Å²) in [4.78, 5) is 3.60. The second-order valence-corrected chi connectivity index (χ2v) is 5.68. The van der Waals surface area contributed by atoms with E-state index in [1.807, 2.05) is 18.2 Å². The standard InChI is InChI=1S/C14H15Cl2NS/c1-2-17(10-12-6-4-8-18-12)14-11(9-15)5-3-7-13(14)16/h3-8H,2,9-10H2,1H3. The molecule has 0 amide bonds. The van der Waals surface area contributed by atoms with Crippen LogP contribution < -0.4 is 4.90 Å². The highest BCUT2D eigenvalue weighted by molar-refractivity contribution is 7.09. The van der Waals surface area contributed by atoms with Gasteiger partial charge in [-0.2, -0.15) is 0 Å². The zero-order valence-electron chi connectivity index (χ0n) is 10.2. The fourth-order valence-electron chi connectivity index (χ4n) is 1.96. The molecule has 0 saturated carbocycles. The van der Waals surface area contributed by atoms with E-state index in [1.54, 1.807) is 11.3 Å². The van der Waals surface area contributed by atoms with Crippen LogP contribution in [0.2, 0.25) is 5.02 Å². The third-order valence-corrected chi connectivity index (χ3v) is 4.29. The first-order chi connectivity index (χ1) is 8.76. The van der Waals surface area contributed by atoms with Crippen LogP contribution in [-0.4, -0.2) is 6.54 Å². The van der Waals surface area contributed by atoms with Gasteiger partial charge in [0.2, 0.25) is 0 Å². The molecule has 0 aliphatic rings. The van der Waals surface area contributed by atoms with Crippen LogP contribution in [0.15, 0.2) is 35.7 Å². The lowest BCUT2D eigenvalue weighted by molar-refractivity contribution is 0.837. The van der Waals surface area contributed by atoms with Gasteiger partial charge in [0.15, 0.2) is 0 Å². The fraction of sp³-hybridized carbons (Fsp3) is 0.286. The average Bonchev–Trinajstić information content (AvgIpc) is 2.89. The molecule has 4 heteroatoms. The van der Waals surface area contributed by atoms with Crippen molar-refractivity contribution >= 4 is 40.2 Å². The molecule has 1 aromatic carbocycles. The summed E-state index contributed by atoms with van der Waals surface area (Å²) in [6.07, 6.45) is 0. The van der Waals surface area contributed by atoms with Gasteiger partial charge in [-0.05, 0) is 30.0 Å². The Kier molecular flexibility index (Phi) is 4.93. The van der Waals surface area contributed by atoms with Gasteiger partial charge in [-0.3, -0.25) is 0 Å². The fourth-order valence-corrected chi connectivity index (χ4v) is 3.21. The number of hydrogen-bond donors (Lipinski definition) is 0. The minimum atomic E-state index is 0.483. The Morgan fingerprint density at radius 1 is 1.22 bits per heavy atom. The number of anilines is 1. The number of alkyl halides is 1. The van der Waals surface area contributed by atoms with Crippen LogP contribution in [0.1, 0.15) is 17.4 Å². The van der Waals surface area contributed by atoms with Crippen LogP contribution in [0.3, 0.4) is 0 Å². The smallest absolute Gasteiger partial charge is 0.0642 e. The SMILES string of the molecule is CCN(Cc1cccs1)c1c(Cl)cccc1CCl. The molecular formula is C14H15Cl2NS. The number of thiophene rings is 1. The first kappa shape index (κ1) is 13.7. The van der Waals surface area contributed by atoms with Crippen molar-refractivity contribution in [3.8, 4) is 0 Å². The van der Waals surface area contributed by atoms with Gasteiger partial charge in [0.1, 0.15) is 0 Å². The predicted molar refractivity (Wildman–Crippen MR) is 82.1 cm³/mol. The summed E-state index contributed by atoms with van der Waals surface area (Å²) >= 11 is 14.1. The first-order valence-corrected chi connectivity index (χ1v) is 7.66. The molecule has 2 rings (SSSR count). The summed E-state index contributed by atoms with van der Waals surface area (Å²) in [7, 11) is 0. The Bertz CT molecular complexity index is 497. The number of hydrogen-bond acceptors (Lipinski definition) is 2. The van der Waals surface area contributed by atoms with Gasteiger partial charge in [-0.15, -0.1) is 22.9 Å². The molecule has 0 N–H and O–H groups in total. The molecule has 0 bridgehead atoms. The van der Waals surface area contributed by atoms with E-state index in [0.717, 1.165) is 29.4 Å². The Hall–Kier alpha value is -0.700. The zero-order chi connectivity index (χ0) is 13.0. The molecule has 0 aliphatic heterocycles. The molecule has 96 valence electrons. The minimum absolute atomic E-state index is 0.483. The maximum Gasteiger partial charge on any atom is 0.0642 e. The van der Waals surface area contributed by atoms with Gasteiger partial charge in [0.05, 0.1) is 17.3 Å². The second kappa shape index (κ2) is 6.46. The van der Waals surface area contributed by atoms with Crippen LogP contribution in [0.25, 0.3) is 0 Å². The van der Waals surface area contributed by atoms with Crippen molar-refractivity contribution < 1.29 is 0 Å². The number of halogens is 2. The van der Waals surface area contributed by atoms with Crippen molar-refractivity contribution in [2.75, 3.05) is 11.4 Å². The lowest BCUT2D eigenvalue weighted by Crippen LogP contribution is -2.23. The largest absolute Gasteiger partial charge is 0.365 e. The molecule has 0 saturated heterocycles. The molecule has 0 fully saturated rings. The minimum Gasteiger partial charge on any atom is -0.365 e. The summed E-state index contributed by atoms with van der Waals surface area (Å²) in [5.41, 5.74) is 2.15. The van der Waals surface area contributed by atoms with E-state index in [0.29, 0.717) is 5.88 Å². The summed E-state index contributed by atoms with van der Waals surface area (Å²) < 4.78 is 0. The van der Waals surface area contributed by atoms with E-state index in [-0.39, 0.29) is 0 Å². The highest BCUT2D eigenvalue weighted by Gasteiger charge is 2.13. The monoisotopic (exact) mass is 299 g/mol. The molecule has 0 spiro atoms. The van der Waals surface area contributed by atoms with E-state index in [9.17, 15) is 0 Å². The Morgan fingerprint density at radius 3 is 2.67 bits per heavy atom. The normalized spacial score (nSPS) is 10.6. The van der Waals surface area contributed by atoms with E-state index >= 15 is 0 Å².